The van der Waals surface area contributed by atoms with Gasteiger partial charge in [-0.2, -0.15) is 0 Å². The number of hydrogen-bond donors (Lipinski definition) is 1. The number of nitrogens with zero attached hydrogens (tertiary/aromatic N) is 2. The largest absolute Gasteiger partial charge is 0.507 e. The molecule has 0 spiro atoms. The SMILES string of the molecule is CCOc1cccc(/C(O)=C2\C(=O)C(=O)N(c3nc4ccc(C)cc4s3)C2c2ccc(OC)c(OC)c2)c1. The molecule has 38 heavy (non-hydrogen) atoms. The summed E-state index contributed by atoms with van der Waals surface area (Å²) in [5.74, 6) is -0.427. The minimum atomic E-state index is -0.952. The van der Waals surface area contributed by atoms with Crippen molar-refractivity contribution < 1.29 is 28.9 Å². The number of anilines is 1. The number of fused-ring (bicyclic) bond motifs is 1. The normalized spacial score (nSPS) is 16.7. The highest BCUT2D eigenvalue weighted by atomic mass is 32.1. The number of carbonyl (C=O) groups excluding carboxylic acids is 2. The molecule has 9 heteroatoms. The fraction of sp³-hybridized carbons (Fsp3) is 0.207. The Morgan fingerprint density at radius 3 is 2.55 bits per heavy atom. The molecule has 0 radical (unpaired) electrons. The number of aliphatic hydroxyl groups excluding tert-OH is 1. The summed E-state index contributed by atoms with van der Waals surface area (Å²) < 4.78 is 17.3. The Hall–Kier alpha value is -4.37. The average molecular weight is 531 g/mol. The zero-order valence-corrected chi connectivity index (χ0v) is 22.2. The lowest BCUT2D eigenvalue weighted by molar-refractivity contribution is -0.132. The van der Waals surface area contributed by atoms with Crippen LogP contribution in [0, 0.1) is 6.92 Å². The van der Waals surface area contributed by atoms with Crippen molar-refractivity contribution >= 4 is 44.1 Å². The smallest absolute Gasteiger partial charge is 0.301 e. The van der Waals surface area contributed by atoms with E-state index in [1.54, 1.807) is 42.5 Å². The highest BCUT2D eigenvalue weighted by molar-refractivity contribution is 7.22. The molecule has 0 saturated carbocycles. The molecule has 1 amide bonds. The van der Waals surface area contributed by atoms with Gasteiger partial charge in [0.15, 0.2) is 16.6 Å². The van der Waals surface area contributed by atoms with Crippen LogP contribution in [0.4, 0.5) is 5.13 Å². The van der Waals surface area contributed by atoms with Crippen LogP contribution >= 0.6 is 11.3 Å². The molecular weight excluding hydrogens is 504 g/mol. The molecule has 4 aromatic rings. The number of aliphatic hydroxyl groups is 1. The molecule has 1 aliphatic heterocycles. The monoisotopic (exact) mass is 530 g/mol. The van der Waals surface area contributed by atoms with Gasteiger partial charge < -0.3 is 19.3 Å². The molecule has 2 heterocycles. The van der Waals surface area contributed by atoms with Crippen molar-refractivity contribution in [3.63, 3.8) is 0 Å². The summed E-state index contributed by atoms with van der Waals surface area (Å²) in [6.07, 6.45) is 0. The fourth-order valence-corrected chi connectivity index (χ4v) is 5.64. The second-order valence-electron chi connectivity index (χ2n) is 8.71. The van der Waals surface area contributed by atoms with Crippen LogP contribution in [-0.4, -0.2) is 42.6 Å². The first kappa shape index (κ1) is 25.3. The predicted octanol–water partition coefficient (Wildman–Crippen LogP) is 5.65. The molecule has 1 saturated heterocycles. The van der Waals surface area contributed by atoms with Crippen LogP contribution in [0.5, 0.6) is 17.2 Å². The number of amides is 1. The zero-order chi connectivity index (χ0) is 27.0. The number of benzene rings is 3. The number of rotatable bonds is 7. The molecule has 3 aromatic carbocycles. The molecule has 5 rings (SSSR count). The van der Waals surface area contributed by atoms with Crippen LogP contribution in [0.1, 0.15) is 29.7 Å². The maximum Gasteiger partial charge on any atom is 0.301 e. The van der Waals surface area contributed by atoms with Gasteiger partial charge in [-0.05, 0) is 61.4 Å². The minimum absolute atomic E-state index is 0.0497. The summed E-state index contributed by atoms with van der Waals surface area (Å²) in [5, 5.41) is 11.8. The van der Waals surface area contributed by atoms with Gasteiger partial charge in [0.05, 0.1) is 42.7 Å². The van der Waals surface area contributed by atoms with Crippen LogP contribution in [0.15, 0.2) is 66.2 Å². The number of hydrogen-bond acceptors (Lipinski definition) is 8. The van der Waals surface area contributed by atoms with E-state index in [9.17, 15) is 14.7 Å². The molecule has 1 atom stereocenters. The van der Waals surface area contributed by atoms with Gasteiger partial charge in [-0.3, -0.25) is 14.5 Å². The Kier molecular flexibility index (Phi) is 6.77. The van der Waals surface area contributed by atoms with E-state index in [-0.39, 0.29) is 11.3 Å². The Bertz CT molecular complexity index is 1590. The molecule has 194 valence electrons. The summed E-state index contributed by atoms with van der Waals surface area (Å²) in [6, 6.07) is 16.8. The van der Waals surface area contributed by atoms with E-state index in [0.717, 1.165) is 10.3 Å². The third-order valence-electron chi connectivity index (χ3n) is 6.32. The van der Waals surface area contributed by atoms with Gasteiger partial charge in [-0.25, -0.2) is 4.98 Å². The lowest BCUT2D eigenvalue weighted by atomic mass is 9.95. The summed E-state index contributed by atoms with van der Waals surface area (Å²) in [6.45, 7) is 4.27. The predicted molar refractivity (Wildman–Crippen MR) is 146 cm³/mol. The number of ether oxygens (including phenoxy) is 3. The quantitative estimate of drug-likeness (QED) is 0.187. The van der Waals surface area contributed by atoms with E-state index in [1.807, 2.05) is 32.0 Å². The van der Waals surface area contributed by atoms with Gasteiger partial charge in [-0.15, -0.1) is 0 Å². The first-order chi connectivity index (χ1) is 18.4. The van der Waals surface area contributed by atoms with Crippen LogP contribution in [0.3, 0.4) is 0 Å². The summed E-state index contributed by atoms with van der Waals surface area (Å²) in [7, 11) is 3.03. The van der Waals surface area contributed by atoms with Crippen LogP contribution < -0.4 is 19.1 Å². The number of carbonyl (C=O) groups is 2. The van der Waals surface area contributed by atoms with Gasteiger partial charge in [0.1, 0.15) is 11.5 Å². The summed E-state index contributed by atoms with van der Waals surface area (Å²) in [5.41, 5.74) is 2.64. The molecule has 0 bridgehead atoms. The van der Waals surface area contributed by atoms with Crippen molar-refractivity contribution in [2.45, 2.75) is 19.9 Å². The van der Waals surface area contributed by atoms with Gasteiger partial charge >= 0.3 is 5.91 Å². The van der Waals surface area contributed by atoms with Crippen molar-refractivity contribution in [2.75, 3.05) is 25.7 Å². The third kappa shape index (κ3) is 4.35. The molecule has 1 aromatic heterocycles. The van der Waals surface area contributed by atoms with Crippen LogP contribution in [-0.2, 0) is 9.59 Å². The van der Waals surface area contributed by atoms with E-state index < -0.39 is 17.7 Å². The first-order valence-corrected chi connectivity index (χ1v) is 12.8. The van der Waals surface area contributed by atoms with Gasteiger partial charge in [-0.1, -0.05) is 35.6 Å². The Morgan fingerprint density at radius 2 is 1.82 bits per heavy atom. The number of aromatic nitrogens is 1. The lowest BCUT2D eigenvalue weighted by Crippen LogP contribution is -2.29. The molecule has 8 nitrogen and oxygen atoms in total. The summed E-state index contributed by atoms with van der Waals surface area (Å²) in [4.78, 5) is 33.1. The standard InChI is InChI=1S/C29H26N2O6S/c1-5-37-19-8-6-7-18(14-19)26(32)24-25(17-10-12-21(35-3)22(15-17)36-4)31(28(34)27(24)33)29-30-20-11-9-16(2)13-23(20)38-29/h6-15,25,32H,5H2,1-4H3/b26-24+. The lowest BCUT2D eigenvalue weighted by Gasteiger charge is -2.23. The van der Waals surface area contributed by atoms with Crippen LogP contribution in [0.25, 0.3) is 16.0 Å². The number of methoxy groups -OCH3 is 2. The minimum Gasteiger partial charge on any atom is -0.507 e. The number of ketones is 1. The van der Waals surface area contributed by atoms with Crippen LogP contribution in [0.2, 0.25) is 0 Å². The highest BCUT2D eigenvalue weighted by Crippen LogP contribution is 2.46. The second-order valence-corrected chi connectivity index (χ2v) is 9.72. The van der Waals surface area contributed by atoms with E-state index in [0.29, 0.717) is 45.6 Å². The van der Waals surface area contributed by atoms with Crippen molar-refractivity contribution in [2.24, 2.45) is 0 Å². The molecular formula is C29H26N2O6S. The molecule has 1 aliphatic rings. The third-order valence-corrected chi connectivity index (χ3v) is 7.34. The number of thiazole rings is 1. The number of aryl methyl sites for hydroxylation is 1. The average Bonchev–Trinajstić information content (AvgIpc) is 3.45. The van der Waals surface area contributed by atoms with Crippen molar-refractivity contribution in [3.05, 3.63) is 82.9 Å². The van der Waals surface area contributed by atoms with E-state index >= 15 is 0 Å². The van der Waals surface area contributed by atoms with Crippen molar-refractivity contribution in [1.82, 2.24) is 4.98 Å². The van der Waals surface area contributed by atoms with E-state index in [4.69, 9.17) is 14.2 Å². The van der Waals surface area contributed by atoms with E-state index in [2.05, 4.69) is 4.98 Å². The highest BCUT2D eigenvalue weighted by Gasteiger charge is 2.48. The van der Waals surface area contributed by atoms with Gasteiger partial charge in [0.25, 0.3) is 5.78 Å². The van der Waals surface area contributed by atoms with Crippen molar-refractivity contribution in [3.8, 4) is 17.2 Å². The van der Waals surface area contributed by atoms with Gasteiger partial charge in [0, 0.05) is 5.56 Å². The van der Waals surface area contributed by atoms with Gasteiger partial charge in [0.2, 0.25) is 0 Å². The molecule has 1 fully saturated rings. The molecule has 1 N–H and O–H groups in total. The first-order valence-electron chi connectivity index (χ1n) is 12.0. The van der Waals surface area contributed by atoms with Crippen molar-refractivity contribution in [1.29, 1.82) is 0 Å². The topological polar surface area (TPSA) is 98.2 Å². The Balaban J connectivity index is 1.73. The zero-order valence-electron chi connectivity index (χ0n) is 21.3. The fourth-order valence-electron chi connectivity index (χ4n) is 4.55. The second kappa shape index (κ2) is 10.2. The van der Waals surface area contributed by atoms with E-state index in [1.165, 1.54) is 30.5 Å². The summed E-state index contributed by atoms with van der Waals surface area (Å²) >= 11 is 1.31. The number of Topliss-reactive ketones (excluding diaryl/α,β-unsaturated/α-hetero) is 1. The Labute approximate surface area is 223 Å². The maximum absolute atomic E-state index is 13.5. The molecule has 1 unspecified atom stereocenters. The molecule has 0 aliphatic carbocycles. The maximum atomic E-state index is 13.5. The Morgan fingerprint density at radius 1 is 1.03 bits per heavy atom.